The number of nitrogens with one attached hydrogen (secondary N) is 1. The second-order valence-electron chi connectivity index (χ2n) is 6.45. The second-order valence-corrected chi connectivity index (χ2v) is 8.80. The summed E-state index contributed by atoms with van der Waals surface area (Å²) in [6.45, 7) is 1.63. The van der Waals surface area contributed by atoms with Crippen LogP contribution in [0.3, 0.4) is 0 Å². The highest BCUT2D eigenvalue weighted by Gasteiger charge is 2.27. The first-order valence-electron chi connectivity index (χ1n) is 8.70. The number of nitrogens with zero attached hydrogens (tertiary/aromatic N) is 1. The van der Waals surface area contributed by atoms with Gasteiger partial charge in [-0.25, -0.2) is 8.42 Å². The minimum Gasteiger partial charge on any atom is -0.368 e. The fourth-order valence-corrected chi connectivity index (χ4v) is 4.90. The highest BCUT2D eigenvalue weighted by atomic mass is 35.5. The Hall–Kier alpha value is -1.15. The Kier molecular flexibility index (Phi) is 5.99. The minimum absolute atomic E-state index is 0.154. The molecule has 3 rings (SSSR count). The first kappa shape index (κ1) is 18.6. The van der Waals surface area contributed by atoms with Crippen molar-refractivity contribution in [2.75, 3.05) is 25.0 Å². The molecule has 1 atom stereocenters. The summed E-state index contributed by atoms with van der Waals surface area (Å²) in [5.74, 6) is -0.288. The van der Waals surface area contributed by atoms with Gasteiger partial charge in [-0.1, -0.05) is 24.4 Å². The van der Waals surface area contributed by atoms with Gasteiger partial charge in [0.2, 0.25) is 10.0 Å². The van der Waals surface area contributed by atoms with Crippen molar-refractivity contribution in [3.8, 4) is 0 Å². The molecule has 0 radical (unpaired) electrons. The lowest BCUT2D eigenvalue weighted by molar-refractivity contribution is -0.124. The normalized spacial score (nSPS) is 22.5. The average Bonchev–Trinajstić information content (AvgIpc) is 2.98. The Balaban J connectivity index is 1.81. The van der Waals surface area contributed by atoms with Crippen molar-refractivity contribution in [2.45, 2.75) is 49.5 Å². The van der Waals surface area contributed by atoms with Gasteiger partial charge in [0.05, 0.1) is 15.6 Å². The molecule has 2 aliphatic heterocycles. The Morgan fingerprint density at radius 3 is 2.52 bits per heavy atom. The van der Waals surface area contributed by atoms with Crippen molar-refractivity contribution in [3.05, 3.63) is 23.2 Å². The number of halogens is 1. The fourth-order valence-electron chi connectivity index (χ4n) is 3.19. The summed E-state index contributed by atoms with van der Waals surface area (Å²) < 4.78 is 32.7. The summed E-state index contributed by atoms with van der Waals surface area (Å²) in [7, 11) is -3.59. The molecule has 2 heterocycles. The third-order valence-electron chi connectivity index (χ3n) is 4.62. The largest absolute Gasteiger partial charge is 0.368 e. The topological polar surface area (TPSA) is 75.7 Å². The van der Waals surface area contributed by atoms with Gasteiger partial charge in [0.25, 0.3) is 5.91 Å². The Labute approximate surface area is 153 Å². The number of ether oxygens (including phenoxy) is 1. The van der Waals surface area contributed by atoms with Crippen molar-refractivity contribution in [3.63, 3.8) is 0 Å². The van der Waals surface area contributed by atoms with Crippen LogP contribution in [0.15, 0.2) is 23.1 Å². The highest BCUT2D eigenvalue weighted by molar-refractivity contribution is 7.89. The molecule has 1 aromatic carbocycles. The van der Waals surface area contributed by atoms with Gasteiger partial charge in [-0.15, -0.1) is 0 Å². The number of amides is 1. The average molecular weight is 387 g/mol. The lowest BCUT2D eigenvalue weighted by Crippen LogP contribution is -2.32. The molecule has 0 saturated carbocycles. The van der Waals surface area contributed by atoms with Crippen molar-refractivity contribution >= 4 is 33.2 Å². The molecule has 0 bridgehead atoms. The molecule has 0 aromatic heterocycles. The van der Waals surface area contributed by atoms with E-state index in [2.05, 4.69) is 5.32 Å². The maximum atomic E-state index is 12.9. The first-order valence-corrected chi connectivity index (χ1v) is 10.5. The van der Waals surface area contributed by atoms with E-state index >= 15 is 0 Å². The molecular weight excluding hydrogens is 364 g/mol. The smallest absolute Gasteiger partial charge is 0.253 e. The summed E-state index contributed by atoms with van der Waals surface area (Å²) in [6.07, 6.45) is 4.85. The molecule has 0 unspecified atom stereocenters. The monoisotopic (exact) mass is 386 g/mol. The molecule has 6 nitrogen and oxygen atoms in total. The van der Waals surface area contributed by atoms with Crippen molar-refractivity contribution in [2.24, 2.45) is 0 Å². The van der Waals surface area contributed by atoms with Gasteiger partial charge in [-0.3, -0.25) is 4.79 Å². The van der Waals surface area contributed by atoms with Crippen LogP contribution in [0, 0.1) is 0 Å². The molecule has 2 aliphatic rings. The van der Waals surface area contributed by atoms with E-state index in [-0.39, 0.29) is 10.8 Å². The van der Waals surface area contributed by atoms with Crippen LogP contribution in [0.25, 0.3) is 0 Å². The lowest BCUT2D eigenvalue weighted by atomic mass is 10.2. The number of hydrogen-bond donors (Lipinski definition) is 1. The first-order chi connectivity index (χ1) is 12.0. The van der Waals surface area contributed by atoms with Crippen molar-refractivity contribution in [1.29, 1.82) is 0 Å². The van der Waals surface area contributed by atoms with Crippen LogP contribution in [0.4, 0.5) is 5.69 Å². The number of carbonyl (C=O) groups is 1. The van der Waals surface area contributed by atoms with Crippen LogP contribution < -0.4 is 5.32 Å². The summed E-state index contributed by atoms with van der Waals surface area (Å²) in [4.78, 5) is 12.4. The third-order valence-corrected chi connectivity index (χ3v) is 6.84. The van der Waals surface area contributed by atoms with Gasteiger partial charge in [0.1, 0.15) is 6.10 Å². The van der Waals surface area contributed by atoms with Crippen LogP contribution in [0.1, 0.15) is 38.5 Å². The summed E-state index contributed by atoms with van der Waals surface area (Å²) >= 11 is 6.15. The van der Waals surface area contributed by atoms with E-state index in [1.54, 1.807) is 0 Å². The van der Waals surface area contributed by atoms with Crippen LogP contribution in [-0.2, 0) is 19.6 Å². The molecule has 0 spiro atoms. The summed E-state index contributed by atoms with van der Waals surface area (Å²) in [6, 6.07) is 4.44. The van der Waals surface area contributed by atoms with Gasteiger partial charge in [-0.2, -0.15) is 4.31 Å². The summed E-state index contributed by atoms with van der Waals surface area (Å²) in [5, 5.41) is 3.01. The van der Waals surface area contributed by atoms with Crippen LogP contribution in [0.5, 0.6) is 0 Å². The number of anilines is 1. The zero-order valence-corrected chi connectivity index (χ0v) is 15.6. The standard InChI is InChI=1S/C17H23ClN2O4S/c18-14-8-7-13(25(22,23)20-9-3-1-2-4-10-20)12-15(14)19-17(21)16-6-5-11-24-16/h7-8,12,16H,1-6,9-11H2,(H,19,21)/t16-/m1/s1. The summed E-state index contributed by atoms with van der Waals surface area (Å²) in [5.41, 5.74) is 0.304. The van der Waals surface area contributed by atoms with Gasteiger partial charge < -0.3 is 10.1 Å². The third kappa shape index (κ3) is 4.34. The Morgan fingerprint density at radius 1 is 1.16 bits per heavy atom. The molecule has 1 amide bonds. The van der Waals surface area contributed by atoms with Gasteiger partial charge >= 0.3 is 0 Å². The van der Waals surface area contributed by atoms with Crippen LogP contribution in [-0.4, -0.2) is 44.4 Å². The molecule has 25 heavy (non-hydrogen) atoms. The highest BCUT2D eigenvalue weighted by Crippen LogP contribution is 2.28. The van der Waals surface area contributed by atoms with E-state index in [9.17, 15) is 13.2 Å². The molecule has 0 aliphatic carbocycles. The SMILES string of the molecule is O=C(Nc1cc(S(=O)(=O)N2CCCCCC2)ccc1Cl)[C@H]1CCCO1. The maximum Gasteiger partial charge on any atom is 0.253 e. The zero-order valence-electron chi connectivity index (χ0n) is 14.0. The van der Waals surface area contributed by atoms with Crippen LogP contribution >= 0.6 is 11.6 Å². The van der Waals surface area contributed by atoms with E-state index in [0.717, 1.165) is 32.1 Å². The van der Waals surface area contributed by atoms with E-state index in [0.29, 0.717) is 36.8 Å². The quantitative estimate of drug-likeness (QED) is 0.862. The minimum atomic E-state index is -3.59. The molecular formula is C17H23ClN2O4S. The van der Waals surface area contributed by atoms with Gasteiger partial charge in [0.15, 0.2) is 0 Å². The zero-order chi connectivity index (χ0) is 17.9. The van der Waals surface area contributed by atoms with E-state index in [4.69, 9.17) is 16.3 Å². The molecule has 1 aromatic rings. The molecule has 8 heteroatoms. The van der Waals surface area contributed by atoms with Gasteiger partial charge in [0, 0.05) is 19.7 Å². The van der Waals surface area contributed by atoms with Crippen LogP contribution in [0.2, 0.25) is 5.02 Å². The molecule has 2 saturated heterocycles. The van der Waals surface area contributed by atoms with Crippen molar-refractivity contribution in [1.82, 2.24) is 4.31 Å². The Bertz CT molecular complexity index is 724. The molecule has 138 valence electrons. The lowest BCUT2D eigenvalue weighted by Gasteiger charge is -2.20. The number of carbonyl (C=O) groups excluding carboxylic acids is 1. The number of benzene rings is 1. The number of sulfonamides is 1. The molecule has 1 N–H and O–H groups in total. The number of rotatable bonds is 4. The van der Waals surface area contributed by atoms with Crippen molar-refractivity contribution < 1.29 is 17.9 Å². The number of hydrogen-bond acceptors (Lipinski definition) is 4. The van der Waals surface area contributed by atoms with E-state index in [1.807, 2.05) is 0 Å². The van der Waals surface area contributed by atoms with E-state index < -0.39 is 16.1 Å². The van der Waals surface area contributed by atoms with E-state index in [1.165, 1.54) is 22.5 Å². The Morgan fingerprint density at radius 2 is 1.88 bits per heavy atom. The second kappa shape index (κ2) is 8.03. The fraction of sp³-hybridized carbons (Fsp3) is 0.588. The van der Waals surface area contributed by atoms with Gasteiger partial charge in [-0.05, 0) is 43.9 Å². The predicted octanol–water partition coefficient (Wildman–Crippen LogP) is 3.02. The molecule has 2 fully saturated rings. The maximum absolute atomic E-state index is 12.9. The predicted molar refractivity (Wildman–Crippen MR) is 96.3 cm³/mol.